The molecule has 5 rings (SSSR count). The van der Waals surface area contributed by atoms with Crippen molar-refractivity contribution in [1.29, 1.82) is 0 Å². The standard InChI is InChI=1S/C25H27N5O3/c1-15-5-10-24(17(3)27-15)33-25(32)28-13-16(2)30(18(4)31)22-9-6-19(11-23(22)28)20-12-26-29(14-20)21-7-8-21/h5-6,9-12,14,16,21H,7-8,13H2,1-4H3/t16-/m0/s1. The Kier molecular flexibility index (Phi) is 5.15. The Balaban J connectivity index is 1.52. The van der Waals surface area contributed by atoms with Gasteiger partial charge in [-0.15, -0.1) is 0 Å². The van der Waals surface area contributed by atoms with Gasteiger partial charge in [0.05, 0.1) is 35.3 Å². The van der Waals surface area contributed by atoms with E-state index >= 15 is 0 Å². The smallest absolute Gasteiger partial charge is 0.408 e. The Bertz CT molecular complexity index is 1250. The van der Waals surface area contributed by atoms with E-state index in [4.69, 9.17) is 4.74 Å². The summed E-state index contributed by atoms with van der Waals surface area (Å²) in [6.45, 7) is 7.51. The lowest BCUT2D eigenvalue weighted by Gasteiger charge is -2.40. The fourth-order valence-corrected chi connectivity index (χ4v) is 4.41. The summed E-state index contributed by atoms with van der Waals surface area (Å²) in [4.78, 5) is 33.4. The minimum absolute atomic E-state index is 0.0651. The first kappa shape index (κ1) is 21.2. The van der Waals surface area contributed by atoms with Crippen molar-refractivity contribution in [3.63, 3.8) is 0 Å². The first-order valence-corrected chi connectivity index (χ1v) is 11.2. The second-order valence-corrected chi connectivity index (χ2v) is 8.90. The van der Waals surface area contributed by atoms with Crippen molar-refractivity contribution in [2.75, 3.05) is 16.3 Å². The van der Waals surface area contributed by atoms with Gasteiger partial charge in [0, 0.05) is 30.9 Å². The number of carbonyl (C=O) groups is 2. The fraction of sp³-hybridized carbons (Fsp3) is 0.360. The highest BCUT2D eigenvalue weighted by molar-refractivity contribution is 6.03. The third-order valence-corrected chi connectivity index (χ3v) is 6.20. The molecule has 1 saturated carbocycles. The number of nitrogens with zero attached hydrogens (tertiary/aromatic N) is 5. The molecule has 1 fully saturated rings. The summed E-state index contributed by atoms with van der Waals surface area (Å²) in [5, 5.41) is 4.49. The molecule has 0 radical (unpaired) electrons. The number of pyridine rings is 1. The first-order valence-electron chi connectivity index (χ1n) is 11.2. The van der Waals surface area contributed by atoms with Gasteiger partial charge in [-0.2, -0.15) is 5.10 Å². The van der Waals surface area contributed by atoms with E-state index in [1.54, 1.807) is 22.8 Å². The predicted molar refractivity (Wildman–Crippen MR) is 126 cm³/mol. The lowest BCUT2D eigenvalue weighted by molar-refractivity contribution is -0.117. The number of amides is 2. The molecule has 0 bridgehead atoms. The Hall–Kier alpha value is -3.68. The highest BCUT2D eigenvalue weighted by Crippen LogP contribution is 2.40. The van der Waals surface area contributed by atoms with E-state index in [0.29, 0.717) is 35.4 Å². The van der Waals surface area contributed by atoms with Crippen LogP contribution in [0, 0.1) is 13.8 Å². The summed E-state index contributed by atoms with van der Waals surface area (Å²) in [6, 6.07) is 9.68. The maximum Gasteiger partial charge on any atom is 0.419 e. The molecule has 3 aromatic rings. The molecule has 33 heavy (non-hydrogen) atoms. The molecule has 1 aliphatic heterocycles. The van der Waals surface area contributed by atoms with Crippen LogP contribution in [-0.2, 0) is 4.79 Å². The molecule has 170 valence electrons. The van der Waals surface area contributed by atoms with Crippen LogP contribution < -0.4 is 14.5 Å². The Morgan fingerprint density at radius 2 is 1.85 bits per heavy atom. The molecule has 2 aliphatic rings. The molecule has 8 nitrogen and oxygen atoms in total. The van der Waals surface area contributed by atoms with E-state index in [2.05, 4.69) is 10.1 Å². The van der Waals surface area contributed by atoms with E-state index in [0.717, 1.165) is 29.7 Å². The molecule has 0 N–H and O–H groups in total. The van der Waals surface area contributed by atoms with Gasteiger partial charge in [0.2, 0.25) is 5.91 Å². The van der Waals surface area contributed by atoms with E-state index in [1.165, 1.54) is 0 Å². The monoisotopic (exact) mass is 445 g/mol. The number of fused-ring (bicyclic) bond motifs is 1. The van der Waals surface area contributed by atoms with Gasteiger partial charge in [-0.25, -0.2) is 4.79 Å². The third kappa shape index (κ3) is 3.97. The maximum atomic E-state index is 13.3. The minimum Gasteiger partial charge on any atom is -0.408 e. The second kappa shape index (κ2) is 8.03. The van der Waals surface area contributed by atoms with Crippen molar-refractivity contribution in [2.24, 2.45) is 0 Å². The molecule has 2 amide bonds. The van der Waals surface area contributed by atoms with E-state index in [1.807, 2.05) is 62.1 Å². The van der Waals surface area contributed by atoms with Crippen LogP contribution in [0.2, 0.25) is 0 Å². The van der Waals surface area contributed by atoms with Crippen LogP contribution in [0.5, 0.6) is 5.75 Å². The topological polar surface area (TPSA) is 80.6 Å². The summed E-state index contributed by atoms with van der Waals surface area (Å²) in [5.41, 5.74) is 4.75. The normalized spacial score (nSPS) is 17.6. The van der Waals surface area contributed by atoms with Crippen molar-refractivity contribution in [1.82, 2.24) is 14.8 Å². The van der Waals surface area contributed by atoms with Crippen LogP contribution in [0.4, 0.5) is 16.2 Å². The average Bonchev–Trinajstić information content (AvgIpc) is 3.51. The van der Waals surface area contributed by atoms with E-state index in [9.17, 15) is 9.59 Å². The molecular weight excluding hydrogens is 418 g/mol. The number of rotatable bonds is 3. The first-order chi connectivity index (χ1) is 15.8. The lowest BCUT2D eigenvalue weighted by atomic mass is 10.0. The molecule has 0 saturated heterocycles. The zero-order chi connectivity index (χ0) is 23.3. The fourth-order valence-electron chi connectivity index (χ4n) is 4.41. The van der Waals surface area contributed by atoms with Crippen LogP contribution in [0.25, 0.3) is 11.1 Å². The number of ether oxygens (including phenoxy) is 1. The number of benzene rings is 1. The van der Waals surface area contributed by atoms with Gasteiger partial charge in [0.15, 0.2) is 5.75 Å². The number of hydrogen-bond donors (Lipinski definition) is 0. The predicted octanol–water partition coefficient (Wildman–Crippen LogP) is 4.66. The minimum atomic E-state index is -0.495. The van der Waals surface area contributed by atoms with Crippen LogP contribution in [0.15, 0.2) is 42.7 Å². The number of aromatic nitrogens is 3. The Morgan fingerprint density at radius 3 is 2.55 bits per heavy atom. The third-order valence-electron chi connectivity index (χ3n) is 6.20. The SMILES string of the molecule is CC(=O)N1c2ccc(-c3cnn(C4CC4)c3)cc2N(C(=O)Oc2ccc(C)nc2C)C[C@@H]1C. The van der Waals surface area contributed by atoms with E-state index < -0.39 is 6.09 Å². The van der Waals surface area contributed by atoms with Crippen molar-refractivity contribution in [2.45, 2.75) is 52.6 Å². The molecular formula is C25H27N5O3. The molecule has 1 aromatic carbocycles. The van der Waals surface area contributed by atoms with Crippen molar-refractivity contribution in [3.05, 3.63) is 54.1 Å². The van der Waals surface area contributed by atoms with E-state index in [-0.39, 0.29) is 11.9 Å². The summed E-state index contributed by atoms with van der Waals surface area (Å²) in [6.07, 6.45) is 5.70. The molecule has 3 heterocycles. The summed E-state index contributed by atoms with van der Waals surface area (Å²) < 4.78 is 7.73. The Labute approximate surface area is 192 Å². The zero-order valence-electron chi connectivity index (χ0n) is 19.3. The van der Waals surface area contributed by atoms with Gasteiger partial charge < -0.3 is 9.64 Å². The van der Waals surface area contributed by atoms with Gasteiger partial charge in [-0.05, 0) is 63.4 Å². The quantitative estimate of drug-likeness (QED) is 0.586. The van der Waals surface area contributed by atoms with Gasteiger partial charge in [0.25, 0.3) is 0 Å². The van der Waals surface area contributed by atoms with Crippen molar-refractivity contribution >= 4 is 23.4 Å². The number of aryl methyl sites for hydroxylation is 2. The molecule has 0 unspecified atom stereocenters. The number of carbonyl (C=O) groups excluding carboxylic acids is 2. The second-order valence-electron chi connectivity index (χ2n) is 8.90. The maximum absolute atomic E-state index is 13.3. The number of hydrogen-bond acceptors (Lipinski definition) is 5. The van der Waals surface area contributed by atoms with Gasteiger partial charge >= 0.3 is 6.09 Å². The zero-order valence-corrected chi connectivity index (χ0v) is 19.3. The van der Waals surface area contributed by atoms with Crippen molar-refractivity contribution < 1.29 is 14.3 Å². The number of anilines is 2. The van der Waals surface area contributed by atoms with Crippen LogP contribution in [0.3, 0.4) is 0 Å². The summed E-state index contributed by atoms with van der Waals surface area (Å²) >= 11 is 0. The average molecular weight is 446 g/mol. The van der Waals surface area contributed by atoms with Crippen LogP contribution >= 0.6 is 0 Å². The van der Waals surface area contributed by atoms with Gasteiger partial charge in [-0.1, -0.05) is 6.07 Å². The van der Waals surface area contributed by atoms with Gasteiger partial charge in [0.1, 0.15) is 0 Å². The van der Waals surface area contributed by atoms with Gasteiger partial charge in [-0.3, -0.25) is 19.4 Å². The highest BCUT2D eigenvalue weighted by Gasteiger charge is 2.35. The summed E-state index contributed by atoms with van der Waals surface area (Å²) in [5.74, 6) is 0.361. The van der Waals surface area contributed by atoms with Crippen LogP contribution in [0.1, 0.15) is 44.1 Å². The molecule has 2 aromatic heterocycles. The molecule has 8 heteroatoms. The Morgan fingerprint density at radius 1 is 1.06 bits per heavy atom. The van der Waals surface area contributed by atoms with Crippen molar-refractivity contribution in [3.8, 4) is 16.9 Å². The highest BCUT2D eigenvalue weighted by atomic mass is 16.6. The molecule has 1 atom stereocenters. The van der Waals surface area contributed by atoms with Crippen LogP contribution in [-0.4, -0.2) is 39.4 Å². The molecule has 1 aliphatic carbocycles. The summed E-state index contributed by atoms with van der Waals surface area (Å²) in [7, 11) is 0. The molecule has 0 spiro atoms. The largest absolute Gasteiger partial charge is 0.419 e. The lowest BCUT2D eigenvalue weighted by Crippen LogP contribution is -2.52.